The maximum Gasteiger partial charge on any atom is 0.482 e. The molecule has 1 aliphatic heterocycles. The summed E-state index contributed by atoms with van der Waals surface area (Å²) < 4.78 is 68.5. The van der Waals surface area contributed by atoms with E-state index in [4.69, 9.17) is 28.0 Å². The fourth-order valence-electron chi connectivity index (χ4n) is 2.39. The summed E-state index contributed by atoms with van der Waals surface area (Å²) >= 11 is 0. The van der Waals surface area contributed by atoms with E-state index >= 15 is 0 Å². The number of nitrogens with two attached hydrogens (primary N) is 1. The van der Waals surface area contributed by atoms with E-state index in [-0.39, 0.29) is 17.0 Å². The van der Waals surface area contributed by atoms with Crippen LogP contribution in [0.25, 0.3) is 11.2 Å². The first-order chi connectivity index (χ1) is 13.8. The minimum absolute atomic E-state index is 0.131. The second kappa shape index (κ2) is 9.63. The van der Waals surface area contributed by atoms with Gasteiger partial charge in [-0.2, -0.15) is 12.7 Å². The van der Waals surface area contributed by atoms with Crippen LogP contribution in [-0.4, -0.2) is 77.1 Å². The van der Waals surface area contributed by atoms with E-state index in [2.05, 4.69) is 23.8 Å². The highest BCUT2D eigenvalue weighted by Gasteiger charge is 2.45. The van der Waals surface area contributed by atoms with Gasteiger partial charge in [0.1, 0.15) is 30.2 Å². The molecule has 3 rings (SSSR count). The van der Waals surface area contributed by atoms with Gasteiger partial charge in [0.2, 0.25) is 0 Å². The molecule has 0 spiro atoms. The molecule has 0 saturated carbocycles. The van der Waals surface area contributed by atoms with Gasteiger partial charge in [-0.3, -0.25) is 18.2 Å². The van der Waals surface area contributed by atoms with E-state index in [1.165, 1.54) is 17.2 Å². The summed E-state index contributed by atoms with van der Waals surface area (Å²) in [6.45, 7) is -0.595. The first-order valence-electron chi connectivity index (χ1n) is 7.47. The second-order valence-corrected chi connectivity index (χ2v) is 8.39. The molecule has 168 valence electrons. The van der Waals surface area contributed by atoms with Gasteiger partial charge in [-0.25, -0.2) is 24.1 Å². The number of imidazole rings is 1. The molecule has 0 amide bonds. The quantitative estimate of drug-likeness (QED) is 0.203. The Kier molecular flexibility index (Phi) is 7.89. The molecular weight excluding hydrogens is 476 g/mol. The number of aliphatic hydroxyl groups excluding tert-OH is 2. The molecule has 3 heterocycles. The third-order valence-corrected chi connectivity index (χ3v) is 5.10. The van der Waals surface area contributed by atoms with Crippen molar-refractivity contribution in [1.29, 1.82) is 0 Å². The third-order valence-electron chi connectivity index (χ3n) is 3.54. The first-order valence-corrected chi connectivity index (χ1v) is 11.1. The Labute approximate surface area is 168 Å². The number of hydrogen-bond acceptors (Lipinski definition) is 13. The summed E-state index contributed by atoms with van der Waals surface area (Å²) in [5, 5.41) is 20.3. The number of phosphoric ester groups is 1. The highest BCUT2D eigenvalue weighted by molar-refractivity contribution is 7.79. The lowest BCUT2D eigenvalue weighted by atomic mass is 10.1. The number of fused-ring (bicyclic) bond motifs is 1. The summed E-state index contributed by atoms with van der Waals surface area (Å²) in [6.07, 6.45) is -2.60. The van der Waals surface area contributed by atoms with Gasteiger partial charge in [-0.1, -0.05) is 0 Å². The molecule has 1 unspecified atom stereocenters. The van der Waals surface area contributed by atoms with Crippen LogP contribution >= 0.6 is 16.5 Å². The average Bonchev–Trinajstić information content (AvgIpc) is 3.15. The molecule has 5 atom stereocenters. The Hall–Kier alpha value is -1.69. The predicted molar refractivity (Wildman–Crippen MR) is 94.3 cm³/mol. The molecule has 17 nitrogen and oxygen atoms in total. The monoisotopic (exact) mass is 491 g/mol. The normalized spacial score (nSPS) is 26.3. The van der Waals surface area contributed by atoms with E-state index < -0.39 is 58.1 Å². The molecule has 0 aliphatic carbocycles. The maximum absolute atomic E-state index is 11.3. The van der Waals surface area contributed by atoms with Crippen LogP contribution in [0.4, 0.5) is 5.82 Å². The fourth-order valence-corrected chi connectivity index (χ4v) is 3.25. The number of anilines is 1. The van der Waals surface area contributed by atoms with E-state index in [1.54, 1.807) is 0 Å². The highest BCUT2D eigenvalue weighted by Crippen LogP contribution is 2.47. The molecular formula is C10H15N5O12P2S. The number of phosphoric acid groups is 1. The van der Waals surface area contributed by atoms with Crippen LogP contribution in [0.15, 0.2) is 12.7 Å². The van der Waals surface area contributed by atoms with Gasteiger partial charge < -0.3 is 25.6 Å². The zero-order chi connectivity index (χ0) is 22.7. The molecule has 1 aliphatic rings. The molecule has 1 fully saturated rings. The minimum atomic E-state index is -4.67. The van der Waals surface area contributed by atoms with Crippen molar-refractivity contribution in [1.82, 2.24) is 19.5 Å². The standard InChI is InChI=1S/C10H13N5O8P2.H2O4S/c11-8-5-9(13-2-12-8)15(3-14-5)10-7(17)6(16)4(22-10)1-21-25(19,20)23-24-18;1-5(2,3)4/h2-4,6-7,10,16-17H,1H2,(H,19,20)(H2,11,12,13);(H2,1,2,3,4)/t4-,6-,7-,10-;/m1./s1. The Balaban J connectivity index is 0.000000575. The number of nitrogen functional groups attached to an aromatic ring is 1. The smallest absolute Gasteiger partial charge is 0.387 e. The number of hydrogen-bond donors (Lipinski definition) is 6. The Morgan fingerprint density at radius 3 is 2.50 bits per heavy atom. The molecule has 0 aromatic carbocycles. The minimum Gasteiger partial charge on any atom is -0.387 e. The van der Waals surface area contributed by atoms with E-state index in [0.29, 0.717) is 0 Å². The third kappa shape index (κ3) is 6.40. The summed E-state index contributed by atoms with van der Waals surface area (Å²) in [5.74, 6) is 0.131. The zero-order valence-corrected chi connectivity index (χ0v) is 17.0. The van der Waals surface area contributed by atoms with Crippen molar-refractivity contribution in [3.63, 3.8) is 0 Å². The Morgan fingerprint density at radius 2 is 1.90 bits per heavy atom. The lowest BCUT2D eigenvalue weighted by Crippen LogP contribution is -2.33. The van der Waals surface area contributed by atoms with Gasteiger partial charge in [0.15, 0.2) is 17.7 Å². The van der Waals surface area contributed by atoms with Gasteiger partial charge in [0.25, 0.3) is 0 Å². The first kappa shape index (κ1) is 24.6. The van der Waals surface area contributed by atoms with E-state index in [1.807, 2.05) is 0 Å². The zero-order valence-electron chi connectivity index (χ0n) is 14.4. The summed E-state index contributed by atoms with van der Waals surface area (Å²) in [5.41, 5.74) is 6.24. The molecule has 0 bridgehead atoms. The largest absolute Gasteiger partial charge is 0.482 e. The average molecular weight is 491 g/mol. The van der Waals surface area contributed by atoms with Crippen molar-refractivity contribution in [2.24, 2.45) is 0 Å². The van der Waals surface area contributed by atoms with Gasteiger partial charge >= 0.3 is 26.9 Å². The number of aromatic nitrogens is 4. The molecule has 7 N–H and O–H groups in total. The summed E-state index contributed by atoms with van der Waals surface area (Å²) in [7, 11) is -10.3. The fraction of sp³-hybridized carbons (Fsp3) is 0.500. The van der Waals surface area contributed by atoms with Gasteiger partial charge in [0, 0.05) is 0 Å². The molecule has 1 saturated heterocycles. The van der Waals surface area contributed by atoms with Crippen LogP contribution in [0.3, 0.4) is 0 Å². The summed E-state index contributed by atoms with van der Waals surface area (Å²) in [4.78, 5) is 21.0. The maximum atomic E-state index is 11.3. The van der Waals surface area contributed by atoms with Crippen LogP contribution in [0.1, 0.15) is 6.23 Å². The number of nitrogens with zero attached hydrogens (tertiary/aromatic N) is 4. The predicted octanol–water partition coefficient (Wildman–Crippen LogP) is -1.28. The van der Waals surface area contributed by atoms with Crippen LogP contribution < -0.4 is 5.73 Å². The number of rotatable bonds is 6. The van der Waals surface area contributed by atoms with Gasteiger partial charge in [-0.05, 0) is 0 Å². The Morgan fingerprint density at radius 1 is 1.27 bits per heavy atom. The SMILES string of the molecule is Nc1ncnc2c1ncn2[C@@H]1O[C@H](COP(=O)(O)OP=O)[C@@H](O)[C@H]1O.O=S(=O)(O)O. The van der Waals surface area contributed by atoms with Crippen LogP contribution in [0.2, 0.25) is 0 Å². The second-order valence-electron chi connectivity index (χ2n) is 5.50. The summed E-state index contributed by atoms with van der Waals surface area (Å²) in [6, 6.07) is 0. The van der Waals surface area contributed by atoms with Gasteiger partial charge in [-0.15, -0.1) is 0 Å². The van der Waals surface area contributed by atoms with Crippen molar-refractivity contribution >= 4 is 43.9 Å². The van der Waals surface area contributed by atoms with E-state index in [0.717, 1.165) is 0 Å². The molecule has 2 aromatic rings. The van der Waals surface area contributed by atoms with Crippen molar-refractivity contribution < 1.29 is 55.3 Å². The highest BCUT2D eigenvalue weighted by atomic mass is 32.3. The molecule has 20 heteroatoms. The van der Waals surface area contributed by atoms with Crippen molar-refractivity contribution in [3.8, 4) is 0 Å². The van der Waals surface area contributed by atoms with Crippen LogP contribution in [-0.2, 0) is 33.1 Å². The number of aliphatic hydroxyl groups is 2. The van der Waals surface area contributed by atoms with Crippen LogP contribution in [0.5, 0.6) is 0 Å². The molecule has 0 radical (unpaired) electrons. The van der Waals surface area contributed by atoms with Gasteiger partial charge in [0.05, 0.1) is 12.9 Å². The topological polar surface area (TPSA) is 267 Å². The Bertz CT molecular complexity index is 1040. The lowest BCUT2D eigenvalue weighted by Gasteiger charge is -2.16. The van der Waals surface area contributed by atoms with E-state index in [9.17, 15) is 24.2 Å². The lowest BCUT2D eigenvalue weighted by molar-refractivity contribution is -0.0500. The molecule has 2 aromatic heterocycles. The number of ether oxygens (including phenoxy) is 1. The van der Waals surface area contributed by atoms with Crippen LogP contribution in [0, 0.1) is 0 Å². The van der Waals surface area contributed by atoms with Crippen molar-refractivity contribution in [3.05, 3.63) is 12.7 Å². The van der Waals surface area contributed by atoms with Crippen molar-refractivity contribution in [2.45, 2.75) is 24.5 Å². The van der Waals surface area contributed by atoms with Crippen molar-refractivity contribution in [2.75, 3.05) is 12.3 Å². The molecule has 30 heavy (non-hydrogen) atoms.